The fourth-order valence-corrected chi connectivity index (χ4v) is 4.32. The number of piperazine rings is 1. The molecule has 1 aromatic carbocycles. The van der Waals surface area contributed by atoms with E-state index in [0.717, 1.165) is 12.8 Å². The van der Waals surface area contributed by atoms with Crippen LogP contribution in [0, 0.1) is 5.92 Å². The Morgan fingerprint density at radius 3 is 2.38 bits per heavy atom. The van der Waals surface area contributed by atoms with E-state index >= 15 is 0 Å². The van der Waals surface area contributed by atoms with Gasteiger partial charge in [-0.15, -0.1) is 0 Å². The second-order valence-corrected chi connectivity index (χ2v) is 7.51. The Morgan fingerprint density at radius 2 is 1.62 bits per heavy atom. The number of carbonyl (C=O) groups excluding carboxylic acids is 2. The molecule has 2 fully saturated rings. The van der Waals surface area contributed by atoms with E-state index in [1.54, 1.807) is 0 Å². The summed E-state index contributed by atoms with van der Waals surface area (Å²) in [6, 6.07) is 10.3. The monoisotopic (exact) mass is 353 g/mol. The molecule has 2 aromatic rings. The predicted molar refractivity (Wildman–Crippen MR) is 102 cm³/mol. The van der Waals surface area contributed by atoms with Crippen molar-refractivity contribution in [3.05, 3.63) is 36.5 Å². The molecule has 138 valence electrons. The first kappa shape index (κ1) is 17.1. The lowest BCUT2D eigenvalue weighted by atomic mass is 10.1. The van der Waals surface area contributed by atoms with Crippen molar-refractivity contribution in [2.24, 2.45) is 5.92 Å². The van der Waals surface area contributed by atoms with Crippen molar-refractivity contribution in [2.45, 2.75) is 38.6 Å². The Morgan fingerprint density at radius 1 is 0.923 bits per heavy atom. The third-order valence-electron chi connectivity index (χ3n) is 5.90. The van der Waals surface area contributed by atoms with E-state index in [1.165, 1.54) is 23.7 Å². The molecule has 4 rings (SSSR count). The number of nitrogens with zero attached hydrogens (tertiary/aromatic N) is 3. The fourth-order valence-electron chi connectivity index (χ4n) is 4.32. The normalized spacial score (nSPS) is 18.6. The number of hydrogen-bond acceptors (Lipinski definition) is 2. The largest absolute Gasteiger partial charge is 0.347 e. The van der Waals surface area contributed by atoms with Crippen molar-refractivity contribution in [1.29, 1.82) is 0 Å². The number of carbonyl (C=O) groups is 2. The van der Waals surface area contributed by atoms with Crippen molar-refractivity contribution in [3.63, 3.8) is 0 Å². The summed E-state index contributed by atoms with van der Waals surface area (Å²) >= 11 is 0. The summed E-state index contributed by atoms with van der Waals surface area (Å²) < 4.78 is 2.15. The zero-order chi connectivity index (χ0) is 17.9. The molecule has 2 aliphatic rings. The molecule has 0 N–H and O–H groups in total. The van der Waals surface area contributed by atoms with Crippen molar-refractivity contribution < 1.29 is 9.59 Å². The summed E-state index contributed by atoms with van der Waals surface area (Å²) in [5, 5.41) is 1.21. The maximum absolute atomic E-state index is 12.6. The quantitative estimate of drug-likeness (QED) is 0.848. The van der Waals surface area contributed by atoms with E-state index in [0.29, 0.717) is 45.1 Å². The summed E-state index contributed by atoms with van der Waals surface area (Å²) in [5.41, 5.74) is 1.17. The van der Waals surface area contributed by atoms with Crippen LogP contribution >= 0.6 is 0 Å². The van der Waals surface area contributed by atoms with E-state index in [9.17, 15) is 9.59 Å². The minimum absolute atomic E-state index is 0.191. The van der Waals surface area contributed by atoms with Crippen LogP contribution in [-0.4, -0.2) is 52.4 Å². The molecule has 5 nitrogen and oxygen atoms in total. The van der Waals surface area contributed by atoms with Crippen LogP contribution in [-0.2, 0) is 16.1 Å². The van der Waals surface area contributed by atoms with Crippen LogP contribution < -0.4 is 0 Å². The van der Waals surface area contributed by atoms with Gasteiger partial charge >= 0.3 is 0 Å². The van der Waals surface area contributed by atoms with Crippen LogP contribution in [0.4, 0.5) is 0 Å². The highest BCUT2D eigenvalue weighted by molar-refractivity contribution is 5.81. The molecular weight excluding hydrogens is 326 g/mol. The number of aryl methyl sites for hydroxylation is 1. The third kappa shape index (κ3) is 3.48. The summed E-state index contributed by atoms with van der Waals surface area (Å²) in [5.74, 6) is 0.739. The van der Waals surface area contributed by atoms with Gasteiger partial charge in [0.15, 0.2) is 0 Å². The fraction of sp³-hybridized carbons (Fsp3) is 0.524. The number of fused-ring (bicyclic) bond motifs is 1. The molecule has 2 heterocycles. The van der Waals surface area contributed by atoms with Gasteiger partial charge in [-0.25, -0.2) is 0 Å². The Bertz CT molecular complexity index is 783. The predicted octanol–water partition coefficient (Wildman–Crippen LogP) is 2.89. The van der Waals surface area contributed by atoms with E-state index in [-0.39, 0.29) is 11.8 Å². The number of rotatable bonds is 4. The molecule has 0 radical (unpaired) electrons. The highest BCUT2D eigenvalue weighted by Gasteiger charge is 2.30. The molecule has 26 heavy (non-hydrogen) atoms. The second kappa shape index (κ2) is 7.52. The Kier molecular flexibility index (Phi) is 4.96. The molecular formula is C21H27N3O2. The first-order valence-corrected chi connectivity index (χ1v) is 9.83. The van der Waals surface area contributed by atoms with Gasteiger partial charge in [0, 0.05) is 56.8 Å². The van der Waals surface area contributed by atoms with Crippen molar-refractivity contribution in [3.8, 4) is 0 Å². The van der Waals surface area contributed by atoms with Crippen LogP contribution in [0.1, 0.15) is 32.1 Å². The first-order valence-electron chi connectivity index (χ1n) is 9.83. The van der Waals surface area contributed by atoms with Crippen LogP contribution in [0.5, 0.6) is 0 Å². The van der Waals surface area contributed by atoms with Crippen LogP contribution in [0.15, 0.2) is 36.5 Å². The molecule has 1 aromatic heterocycles. The zero-order valence-electron chi connectivity index (χ0n) is 15.3. The summed E-state index contributed by atoms with van der Waals surface area (Å²) in [6.07, 6.45) is 7.02. The Balaban J connectivity index is 1.27. The molecule has 1 saturated heterocycles. The summed E-state index contributed by atoms with van der Waals surface area (Å²) in [4.78, 5) is 29.0. The Labute approximate surface area is 154 Å². The van der Waals surface area contributed by atoms with Crippen LogP contribution in [0.3, 0.4) is 0 Å². The number of benzene rings is 1. The lowest BCUT2D eigenvalue weighted by Gasteiger charge is -2.36. The van der Waals surface area contributed by atoms with Gasteiger partial charge in [-0.1, -0.05) is 31.0 Å². The standard InChI is InChI=1S/C21H27N3O2/c25-20(10-12-22-11-9-17-5-3-4-8-19(17)22)23-13-15-24(16-14-23)21(26)18-6-1-2-7-18/h3-5,8-9,11,18H,1-2,6-7,10,12-16H2. The molecule has 0 unspecified atom stereocenters. The molecule has 5 heteroatoms. The van der Waals surface area contributed by atoms with Crippen LogP contribution in [0.2, 0.25) is 0 Å². The van der Waals surface area contributed by atoms with Gasteiger partial charge in [0.1, 0.15) is 0 Å². The number of aromatic nitrogens is 1. The molecule has 0 atom stereocenters. The number of para-hydroxylation sites is 1. The minimum Gasteiger partial charge on any atom is -0.347 e. The van der Waals surface area contributed by atoms with Gasteiger partial charge in [0.05, 0.1) is 0 Å². The molecule has 1 aliphatic carbocycles. The molecule has 0 bridgehead atoms. The van der Waals surface area contributed by atoms with Gasteiger partial charge < -0.3 is 14.4 Å². The van der Waals surface area contributed by atoms with Crippen LogP contribution in [0.25, 0.3) is 10.9 Å². The SMILES string of the molecule is O=C(CCn1ccc2ccccc21)N1CCN(C(=O)C2CCCC2)CC1. The van der Waals surface area contributed by atoms with Gasteiger partial charge in [-0.3, -0.25) is 9.59 Å². The Hall–Kier alpha value is -2.30. The van der Waals surface area contributed by atoms with E-state index in [2.05, 4.69) is 29.0 Å². The van der Waals surface area contributed by atoms with Gasteiger partial charge in [0.2, 0.25) is 11.8 Å². The summed E-state index contributed by atoms with van der Waals surface area (Å²) in [7, 11) is 0. The van der Waals surface area contributed by atoms with E-state index in [1.807, 2.05) is 21.9 Å². The zero-order valence-corrected chi connectivity index (χ0v) is 15.3. The molecule has 1 aliphatic heterocycles. The maximum atomic E-state index is 12.6. The molecule has 0 spiro atoms. The van der Waals surface area contributed by atoms with E-state index < -0.39 is 0 Å². The smallest absolute Gasteiger partial charge is 0.225 e. The van der Waals surface area contributed by atoms with Crippen molar-refractivity contribution in [2.75, 3.05) is 26.2 Å². The lowest BCUT2D eigenvalue weighted by molar-refractivity contribution is -0.142. The summed E-state index contributed by atoms with van der Waals surface area (Å²) in [6.45, 7) is 3.42. The average Bonchev–Trinajstić information content (AvgIpc) is 3.36. The average molecular weight is 353 g/mol. The number of amides is 2. The van der Waals surface area contributed by atoms with Crippen molar-refractivity contribution >= 4 is 22.7 Å². The van der Waals surface area contributed by atoms with Gasteiger partial charge in [0.25, 0.3) is 0 Å². The highest BCUT2D eigenvalue weighted by Crippen LogP contribution is 2.27. The first-order chi connectivity index (χ1) is 12.7. The van der Waals surface area contributed by atoms with Gasteiger partial charge in [-0.2, -0.15) is 0 Å². The lowest BCUT2D eigenvalue weighted by Crippen LogP contribution is -2.51. The number of hydrogen-bond donors (Lipinski definition) is 0. The van der Waals surface area contributed by atoms with Gasteiger partial charge in [-0.05, 0) is 30.4 Å². The van der Waals surface area contributed by atoms with Crippen molar-refractivity contribution in [1.82, 2.24) is 14.4 Å². The topological polar surface area (TPSA) is 45.6 Å². The van der Waals surface area contributed by atoms with E-state index in [4.69, 9.17) is 0 Å². The molecule has 1 saturated carbocycles. The maximum Gasteiger partial charge on any atom is 0.225 e. The third-order valence-corrected chi connectivity index (χ3v) is 5.90. The minimum atomic E-state index is 0.191. The highest BCUT2D eigenvalue weighted by atomic mass is 16.2. The molecule has 2 amide bonds. The second-order valence-electron chi connectivity index (χ2n) is 7.51.